The number of unbranched alkanes of at least 4 members (excludes halogenated alkanes) is 28. The highest BCUT2D eigenvalue weighted by Crippen LogP contribution is 2.14. The molecule has 0 aromatic heterocycles. The summed E-state index contributed by atoms with van der Waals surface area (Å²) in [7, 11) is 0. The maximum absolute atomic E-state index is 12.8. The minimum Gasteiger partial charge on any atom is -0.462 e. The summed E-state index contributed by atoms with van der Waals surface area (Å²) in [5.41, 5.74) is 0. The van der Waals surface area contributed by atoms with E-state index in [1.165, 1.54) is 128 Å². The van der Waals surface area contributed by atoms with Crippen LogP contribution in [0.25, 0.3) is 0 Å². The molecule has 0 aromatic carbocycles. The summed E-state index contributed by atoms with van der Waals surface area (Å²) in [5, 5.41) is 0. The molecule has 0 saturated heterocycles. The van der Waals surface area contributed by atoms with Gasteiger partial charge >= 0.3 is 17.9 Å². The number of carbonyl (C=O) groups is 3. The molecule has 6 nitrogen and oxygen atoms in total. The molecule has 0 saturated carbocycles. The molecule has 0 aliphatic carbocycles. The molecule has 1 atom stereocenters. The molecule has 0 N–H and O–H groups in total. The highest BCUT2D eigenvalue weighted by atomic mass is 16.6. The molecule has 59 heavy (non-hydrogen) atoms. The van der Waals surface area contributed by atoms with E-state index in [4.69, 9.17) is 14.2 Å². The van der Waals surface area contributed by atoms with Gasteiger partial charge in [-0.3, -0.25) is 14.4 Å². The van der Waals surface area contributed by atoms with Gasteiger partial charge in [0.25, 0.3) is 0 Å². The van der Waals surface area contributed by atoms with Gasteiger partial charge in [0.05, 0.1) is 0 Å². The van der Waals surface area contributed by atoms with Gasteiger partial charge in [0.15, 0.2) is 6.10 Å². The van der Waals surface area contributed by atoms with Crippen molar-refractivity contribution in [2.24, 2.45) is 0 Å². The van der Waals surface area contributed by atoms with E-state index in [1.807, 2.05) is 0 Å². The van der Waals surface area contributed by atoms with Crippen molar-refractivity contribution < 1.29 is 28.6 Å². The van der Waals surface area contributed by atoms with Gasteiger partial charge in [-0.2, -0.15) is 0 Å². The molecular formula is C53H94O6. The van der Waals surface area contributed by atoms with Crippen molar-refractivity contribution in [1.29, 1.82) is 0 Å². The predicted octanol–water partition coefficient (Wildman–Crippen LogP) is 16.3. The van der Waals surface area contributed by atoms with Gasteiger partial charge in [0.1, 0.15) is 13.2 Å². The molecule has 0 amide bonds. The maximum Gasteiger partial charge on any atom is 0.306 e. The van der Waals surface area contributed by atoms with Crippen molar-refractivity contribution in [2.75, 3.05) is 13.2 Å². The fraction of sp³-hybridized carbons (Fsp3) is 0.792. The second-order valence-corrected chi connectivity index (χ2v) is 16.8. The highest BCUT2D eigenvalue weighted by molar-refractivity contribution is 5.71. The number of hydrogen-bond acceptors (Lipinski definition) is 6. The molecule has 0 aliphatic rings. The summed E-state index contributed by atoms with van der Waals surface area (Å²) >= 11 is 0. The summed E-state index contributed by atoms with van der Waals surface area (Å²) in [5.74, 6) is -0.921. The van der Waals surface area contributed by atoms with Crippen LogP contribution in [0.2, 0.25) is 0 Å². The maximum atomic E-state index is 12.8. The average Bonchev–Trinajstić information content (AvgIpc) is 3.23. The summed E-state index contributed by atoms with van der Waals surface area (Å²) in [6, 6.07) is 0. The van der Waals surface area contributed by atoms with Crippen LogP contribution in [-0.4, -0.2) is 37.2 Å². The molecular weight excluding hydrogens is 733 g/mol. The Bertz CT molecular complexity index is 1040. The number of ether oxygens (including phenoxy) is 3. The molecule has 342 valence electrons. The van der Waals surface area contributed by atoms with Crippen LogP contribution in [0.5, 0.6) is 0 Å². The lowest BCUT2D eigenvalue weighted by molar-refractivity contribution is -0.167. The molecule has 0 fully saturated rings. The number of rotatable bonds is 45. The third-order valence-electron chi connectivity index (χ3n) is 10.9. The Morgan fingerprint density at radius 1 is 0.339 bits per heavy atom. The van der Waals surface area contributed by atoms with Crippen LogP contribution < -0.4 is 0 Å². The first-order chi connectivity index (χ1) is 29.0. The molecule has 6 heteroatoms. The highest BCUT2D eigenvalue weighted by Gasteiger charge is 2.19. The summed E-state index contributed by atoms with van der Waals surface area (Å²) in [6.07, 6.45) is 56.6. The molecule has 1 unspecified atom stereocenters. The lowest BCUT2D eigenvalue weighted by Crippen LogP contribution is -2.30. The fourth-order valence-corrected chi connectivity index (χ4v) is 7.01. The summed E-state index contributed by atoms with van der Waals surface area (Å²) in [4.78, 5) is 37.8. The molecule has 0 bridgehead atoms. The van der Waals surface area contributed by atoms with Crippen LogP contribution in [0.3, 0.4) is 0 Å². The number of allylic oxidation sites excluding steroid dienone is 8. The van der Waals surface area contributed by atoms with E-state index in [1.54, 1.807) is 0 Å². The Kier molecular flexibility index (Phi) is 45.9. The molecule has 0 heterocycles. The monoisotopic (exact) mass is 827 g/mol. The number of esters is 3. The fourth-order valence-electron chi connectivity index (χ4n) is 7.01. The van der Waals surface area contributed by atoms with Crippen molar-refractivity contribution >= 4 is 17.9 Å². The second kappa shape index (κ2) is 48.0. The Hall–Kier alpha value is -2.63. The van der Waals surface area contributed by atoms with Crippen LogP contribution in [-0.2, 0) is 28.6 Å². The first-order valence-electron chi connectivity index (χ1n) is 25.2. The van der Waals surface area contributed by atoms with E-state index in [9.17, 15) is 14.4 Å². The predicted molar refractivity (Wildman–Crippen MR) is 252 cm³/mol. The Morgan fingerprint density at radius 3 is 0.949 bits per heavy atom. The summed E-state index contributed by atoms with van der Waals surface area (Å²) in [6.45, 7) is 6.56. The van der Waals surface area contributed by atoms with Crippen molar-refractivity contribution in [3.8, 4) is 0 Å². The Balaban J connectivity index is 4.41. The van der Waals surface area contributed by atoms with Gasteiger partial charge < -0.3 is 14.2 Å². The van der Waals surface area contributed by atoms with E-state index in [0.29, 0.717) is 19.3 Å². The van der Waals surface area contributed by atoms with Crippen LogP contribution in [0.1, 0.15) is 252 Å². The average molecular weight is 827 g/mol. The first-order valence-corrected chi connectivity index (χ1v) is 25.2. The zero-order chi connectivity index (χ0) is 43.0. The van der Waals surface area contributed by atoms with E-state index in [-0.39, 0.29) is 31.1 Å². The van der Waals surface area contributed by atoms with Gasteiger partial charge in [-0.15, -0.1) is 0 Å². The third-order valence-corrected chi connectivity index (χ3v) is 10.9. The van der Waals surface area contributed by atoms with Crippen molar-refractivity contribution in [3.05, 3.63) is 48.6 Å². The Morgan fingerprint density at radius 2 is 0.593 bits per heavy atom. The lowest BCUT2D eigenvalue weighted by Gasteiger charge is -2.18. The van der Waals surface area contributed by atoms with Crippen molar-refractivity contribution in [3.63, 3.8) is 0 Å². The topological polar surface area (TPSA) is 78.9 Å². The van der Waals surface area contributed by atoms with Crippen molar-refractivity contribution in [1.82, 2.24) is 0 Å². The zero-order valence-corrected chi connectivity index (χ0v) is 39.0. The van der Waals surface area contributed by atoms with Crippen LogP contribution in [0, 0.1) is 0 Å². The van der Waals surface area contributed by atoms with Gasteiger partial charge in [0.2, 0.25) is 0 Å². The first kappa shape index (κ1) is 56.4. The lowest BCUT2D eigenvalue weighted by atomic mass is 10.1. The number of carbonyl (C=O) groups excluding carboxylic acids is 3. The van der Waals surface area contributed by atoms with Crippen molar-refractivity contribution in [2.45, 2.75) is 258 Å². The second-order valence-electron chi connectivity index (χ2n) is 16.8. The minimum atomic E-state index is -0.786. The quantitative estimate of drug-likeness (QED) is 0.0263. The van der Waals surface area contributed by atoms with E-state index < -0.39 is 6.10 Å². The molecule has 0 radical (unpaired) electrons. The van der Waals surface area contributed by atoms with Gasteiger partial charge in [-0.05, 0) is 70.6 Å². The van der Waals surface area contributed by atoms with E-state index in [0.717, 1.165) is 83.5 Å². The normalized spacial score (nSPS) is 12.4. The largest absolute Gasteiger partial charge is 0.462 e. The third kappa shape index (κ3) is 46.3. The van der Waals surface area contributed by atoms with Gasteiger partial charge in [-0.1, -0.05) is 211 Å². The smallest absolute Gasteiger partial charge is 0.306 e. The molecule has 0 aromatic rings. The standard InChI is InChI=1S/C53H94O6/c1-4-7-10-13-16-19-22-24-26-28-29-31-34-37-40-43-46-52(55)58-49-50(48-57-51(54)45-42-39-36-33-21-18-15-12-9-6-3)59-53(56)47-44-41-38-35-32-30-27-25-23-20-17-14-11-8-5-2/h17,20,23,25-26,28-29,31,50H,4-16,18-19,21-22,24,27,30,32-49H2,1-3H3/b20-17-,25-23-,28-26-,31-29-. The molecule has 0 spiro atoms. The van der Waals surface area contributed by atoms with Gasteiger partial charge in [0, 0.05) is 19.3 Å². The minimum absolute atomic E-state index is 0.0848. The van der Waals surface area contributed by atoms with Gasteiger partial charge in [-0.25, -0.2) is 0 Å². The number of hydrogen-bond donors (Lipinski definition) is 0. The Labute approximate surface area is 365 Å². The van der Waals surface area contributed by atoms with E-state index in [2.05, 4.69) is 69.4 Å². The van der Waals surface area contributed by atoms with Crippen LogP contribution >= 0.6 is 0 Å². The van der Waals surface area contributed by atoms with E-state index >= 15 is 0 Å². The molecule has 0 rings (SSSR count). The molecule has 0 aliphatic heterocycles. The van der Waals surface area contributed by atoms with Crippen LogP contribution in [0.15, 0.2) is 48.6 Å². The zero-order valence-electron chi connectivity index (χ0n) is 39.0. The van der Waals surface area contributed by atoms with Crippen LogP contribution in [0.4, 0.5) is 0 Å². The summed E-state index contributed by atoms with van der Waals surface area (Å²) < 4.78 is 16.7. The SMILES string of the molecule is CCCCC/C=C\C=C/CCCCCCCCC(=O)OC(COC(=O)CCCCC/C=C\C=C/CCCCCCCCC)COC(=O)CCCCCCCCCCCC.